The van der Waals surface area contributed by atoms with Gasteiger partial charge >= 0.3 is 5.97 Å². The molecular weight excluding hydrogens is 564 g/mol. The van der Waals surface area contributed by atoms with E-state index in [1.807, 2.05) is 0 Å². The third kappa shape index (κ3) is 6.74. The maximum Gasteiger partial charge on any atom is 0.333 e. The maximum atomic E-state index is 13.0. The van der Waals surface area contributed by atoms with E-state index in [1.54, 1.807) is 13.0 Å². The Balaban J connectivity index is 1.65. The molecule has 0 aliphatic carbocycles. The minimum atomic E-state index is -1.84. The van der Waals surface area contributed by atoms with Crippen LogP contribution >= 0.6 is 0 Å². The number of aliphatic hydroxyl groups is 4. The van der Waals surface area contributed by atoms with Gasteiger partial charge in [-0.3, -0.25) is 4.79 Å². The molecule has 7 N–H and O–H groups in total. The molecule has 2 aromatic carbocycles. The van der Waals surface area contributed by atoms with E-state index in [0.717, 1.165) is 12.1 Å². The largest absolute Gasteiger partial charge is 0.508 e. The number of carbonyl (C=O) groups excluding carboxylic acids is 1. The molecule has 1 aliphatic rings. The summed E-state index contributed by atoms with van der Waals surface area (Å²) in [5.41, 5.74) is -1.88. The van der Waals surface area contributed by atoms with E-state index in [4.69, 9.17) is 13.9 Å². The van der Waals surface area contributed by atoms with Crippen LogP contribution in [0.15, 0.2) is 69.9 Å². The van der Waals surface area contributed by atoms with Crippen molar-refractivity contribution in [2.24, 2.45) is 0 Å². The van der Waals surface area contributed by atoms with Gasteiger partial charge in [-0.05, 0) is 51.0 Å². The molecule has 12 heteroatoms. The molecule has 0 amide bonds. The van der Waals surface area contributed by atoms with E-state index in [2.05, 4.69) is 6.58 Å². The molecule has 1 saturated heterocycles. The molecule has 6 unspecified atom stereocenters. The zero-order chi connectivity index (χ0) is 31.6. The summed E-state index contributed by atoms with van der Waals surface area (Å²) in [4.78, 5) is 25.6. The fourth-order valence-electron chi connectivity index (χ4n) is 4.73. The van der Waals surface area contributed by atoms with Crippen LogP contribution in [-0.4, -0.2) is 78.3 Å². The zero-order valence-corrected chi connectivity index (χ0v) is 23.5. The number of allylic oxidation sites excluding steroid dienone is 1. The average Bonchev–Trinajstić information content (AvgIpc) is 2.96. The highest BCUT2D eigenvalue weighted by Crippen LogP contribution is 2.43. The van der Waals surface area contributed by atoms with E-state index < -0.39 is 65.6 Å². The lowest BCUT2D eigenvalue weighted by Crippen LogP contribution is -2.55. The van der Waals surface area contributed by atoms with E-state index in [1.165, 1.54) is 37.3 Å². The van der Waals surface area contributed by atoms with Gasteiger partial charge in [-0.25, -0.2) is 4.79 Å². The van der Waals surface area contributed by atoms with Gasteiger partial charge in [0.1, 0.15) is 65.5 Å². The van der Waals surface area contributed by atoms with E-state index >= 15 is 0 Å². The third-order valence-electron chi connectivity index (χ3n) is 7.39. The van der Waals surface area contributed by atoms with Crippen molar-refractivity contribution in [1.82, 2.24) is 0 Å². The summed E-state index contributed by atoms with van der Waals surface area (Å²) < 4.78 is 17.0. The number of carbonyl (C=O) groups is 1. The second-order valence-corrected chi connectivity index (χ2v) is 10.7. The average molecular weight is 599 g/mol. The lowest BCUT2D eigenvalue weighted by atomic mass is 9.89. The first-order valence-corrected chi connectivity index (χ1v) is 13.5. The molecule has 1 aromatic heterocycles. The number of benzene rings is 2. The molecule has 0 radical (unpaired) electrons. The number of aliphatic hydroxyl groups excluding tert-OH is 3. The normalized spacial score (nSPS) is 24.0. The molecule has 6 atom stereocenters. The summed E-state index contributed by atoms with van der Waals surface area (Å²) in [6.45, 7) is 6.06. The van der Waals surface area contributed by atoms with E-state index in [0.29, 0.717) is 18.4 Å². The van der Waals surface area contributed by atoms with Crippen LogP contribution in [0.3, 0.4) is 0 Å². The van der Waals surface area contributed by atoms with Crippen LogP contribution in [-0.2, 0) is 14.3 Å². The van der Waals surface area contributed by atoms with Crippen LogP contribution in [0.4, 0.5) is 0 Å². The number of esters is 1. The Morgan fingerprint density at radius 3 is 2.37 bits per heavy atom. The van der Waals surface area contributed by atoms with E-state index in [-0.39, 0.29) is 33.6 Å². The maximum absolute atomic E-state index is 13.0. The van der Waals surface area contributed by atoms with Gasteiger partial charge in [0, 0.05) is 23.3 Å². The summed E-state index contributed by atoms with van der Waals surface area (Å²) in [6, 6.07) is 7.62. The molecule has 4 rings (SSSR count). The summed E-state index contributed by atoms with van der Waals surface area (Å²) in [6.07, 6.45) is -4.78. The predicted octanol–water partition coefficient (Wildman–Crippen LogP) is 2.31. The van der Waals surface area contributed by atoms with Crippen molar-refractivity contribution in [2.45, 2.75) is 62.8 Å². The molecular formula is C31H34O12. The molecule has 2 heterocycles. The molecule has 0 spiro atoms. The lowest BCUT2D eigenvalue weighted by Gasteiger charge is -2.40. The lowest BCUT2D eigenvalue weighted by molar-refractivity contribution is -0.234. The van der Waals surface area contributed by atoms with Gasteiger partial charge < -0.3 is 49.6 Å². The number of hydrogen-bond acceptors (Lipinski definition) is 12. The number of aromatic hydroxyl groups is 3. The first-order valence-electron chi connectivity index (χ1n) is 13.5. The van der Waals surface area contributed by atoms with Crippen molar-refractivity contribution in [3.05, 3.63) is 76.5 Å². The second-order valence-electron chi connectivity index (χ2n) is 10.7. The van der Waals surface area contributed by atoms with Crippen LogP contribution in [0.1, 0.15) is 38.4 Å². The Kier molecular flexibility index (Phi) is 9.28. The summed E-state index contributed by atoms with van der Waals surface area (Å²) in [5.74, 6) is -2.05. The highest BCUT2D eigenvalue weighted by Gasteiger charge is 2.46. The number of hydrogen-bond donors (Lipinski definition) is 7. The second kappa shape index (κ2) is 12.6. The van der Waals surface area contributed by atoms with Gasteiger partial charge in [-0.1, -0.05) is 12.2 Å². The first kappa shape index (κ1) is 31.7. The Morgan fingerprint density at radius 2 is 1.72 bits per heavy atom. The van der Waals surface area contributed by atoms with Gasteiger partial charge in [0.05, 0.1) is 11.2 Å². The number of phenolic OH excluding ortho intramolecular Hbond substituents is 3. The van der Waals surface area contributed by atoms with Gasteiger partial charge in [-0.2, -0.15) is 0 Å². The Morgan fingerprint density at radius 1 is 1.05 bits per heavy atom. The molecule has 12 nitrogen and oxygen atoms in total. The van der Waals surface area contributed by atoms with Crippen LogP contribution in [0, 0.1) is 0 Å². The summed E-state index contributed by atoms with van der Waals surface area (Å²) >= 11 is 0. The van der Waals surface area contributed by atoms with Gasteiger partial charge in [0.25, 0.3) is 0 Å². The minimum absolute atomic E-state index is 0.00280. The molecule has 0 bridgehead atoms. The fraction of sp³-hybridized carbons (Fsp3) is 0.355. The van der Waals surface area contributed by atoms with Crippen LogP contribution in [0.2, 0.25) is 0 Å². The molecule has 3 aromatic rings. The van der Waals surface area contributed by atoms with Crippen molar-refractivity contribution >= 4 is 16.9 Å². The highest BCUT2D eigenvalue weighted by atomic mass is 16.6. The number of fused-ring (bicyclic) bond motifs is 1. The SMILES string of the molecule is C=CC(C)(O)CCC=C(C)C(=O)OCC1OC(c2c(O)cc(O)c3c(=O)cc(-c4ccc(O)cc4)oc23)C(O)C(O)C1O. The van der Waals surface area contributed by atoms with Crippen molar-refractivity contribution < 1.29 is 54.4 Å². The summed E-state index contributed by atoms with van der Waals surface area (Å²) in [7, 11) is 0. The topological polar surface area (TPSA) is 207 Å². The summed E-state index contributed by atoms with van der Waals surface area (Å²) in [5, 5.41) is 72.7. The van der Waals surface area contributed by atoms with Crippen LogP contribution in [0.5, 0.6) is 17.2 Å². The van der Waals surface area contributed by atoms with Crippen molar-refractivity contribution in [2.75, 3.05) is 6.61 Å². The number of ether oxygens (including phenoxy) is 2. The van der Waals surface area contributed by atoms with Crippen molar-refractivity contribution in [3.63, 3.8) is 0 Å². The molecule has 1 aliphatic heterocycles. The van der Waals surface area contributed by atoms with Crippen molar-refractivity contribution in [1.29, 1.82) is 0 Å². The van der Waals surface area contributed by atoms with Crippen LogP contribution < -0.4 is 5.43 Å². The first-order chi connectivity index (χ1) is 20.2. The molecule has 0 saturated carbocycles. The fourth-order valence-corrected chi connectivity index (χ4v) is 4.73. The standard InChI is InChI=1S/C31H34O12/c1-4-31(3,40)11-5-6-15(2)30(39)41-14-22-25(36)26(37)27(38)29(43-22)24-19(34)12-18(33)23-20(35)13-21(42-28(23)24)16-7-9-17(32)10-8-16/h4,6-10,12-13,22,25-27,29,32-34,36-38,40H,1,5,11,14H2,2-3H3. The highest BCUT2D eigenvalue weighted by molar-refractivity contribution is 5.90. The zero-order valence-electron chi connectivity index (χ0n) is 23.5. The molecule has 230 valence electrons. The van der Waals surface area contributed by atoms with Gasteiger partial charge in [-0.15, -0.1) is 6.58 Å². The van der Waals surface area contributed by atoms with Crippen molar-refractivity contribution in [3.8, 4) is 28.6 Å². The molecule has 43 heavy (non-hydrogen) atoms. The van der Waals surface area contributed by atoms with Gasteiger partial charge in [0.15, 0.2) is 11.0 Å². The third-order valence-corrected chi connectivity index (χ3v) is 7.39. The van der Waals surface area contributed by atoms with E-state index in [9.17, 15) is 45.3 Å². The quantitative estimate of drug-likeness (QED) is 0.108. The Bertz CT molecular complexity index is 1590. The Hall–Kier alpha value is -4.20. The smallest absolute Gasteiger partial charge is 0.333 e. The predicted molar refractivity (Wildman–Crippen MR) is 153 cm³/mol. The number of phenols is 3. The minimum Gasteiger partial charge on any atom is -0.508 e. The molecule has 1 fully saturated rings. The Labute approximate surface area is 246 Å². The number of rotatable bonds is 9. The van der Waals surface area contributed by atoms with Gasteiger partial charge in [0.2, 0.25) is 0 Å². The monoisotopic (exact) mass is 598 g/mol. The van der Waals surface area contributed by atoms with Crippen LogP contribution in [0.25, 0.3) is 22.3 Å².